The minimum atomic E-state index is -0.727. The number of nitrogens with zero attached hydrogens (tertiary/aromatic N) is 2. The average molecular weight is 326 g/mol. The summed E-state index contributed by atoms with van der Waals surface area (Å²) < 4.78 is 10.4. The fourth-order valence-electron chi connectivity index (χ4n) is 3.73. The number of carbonyl (C=O) groups is 2. The molecule has 0 aromatic carbocycles. The highest BCUT2D eigenvalue weighted by Gasteiger charge is 2.40. The van der Waals surface area contributed by atoms with Crippen LogP contribution in [0.5, 0.6) is 0 Å². The van der Waals surface area contributed by atoms with Crippen LogP contribution in [0.3, 0.4) is 0 Å². The summed E-state index contributed by atoms with van der Waals surface area (Å²) in [5.41, 5.74) is -0.727. The normalized spacial score (nSPS) is 26.1. The Labute approximate surface area is 139 Å². The van der Waals surface area contributed by atoms with Gasteiger partial charge in [-0.2, -0.15) is 0 Å². The van der Waals surface area contributed by atoms with Crippen molar-refractivity contribution in [1.29, 1.82) is 0 Å². The van der Waals surface area contributed by atoms with Gasteiger partial charge in [0.25, 0.3) is 5.91 Å². The highest BCUT2D eigenvalue weighted by molar-refractivity contribution is 5.85. The number of piperidine rings is 1. The number of ether oxygens (including phenoxy) is 2. The molecule has 0 aromatic heterocycles. The Morgan fingerprint density at radius 2 is 1.78 bits per heavy atom. The number of rotatable bonds is 5. The van der Waals surface area contributed by atoms with E-state index in [2.05, 4.69) is 4.90 Å². The van der Waals surface area contributed by atoms with Crippen molar-refractivity contribution in [1.82, 2.24) is 9.80 Å². The molecule has 0 saturated carbocycles. The third-order valence-electron chi connectivity index (χ3n) is 5.57. The number of hydrogen-bond acceptors (Lipinski definition) is 5. The average Bonchev–Trinajstić information content (AvgIpc) is 3.09. The minimum absolute atomic E-state index is 0.0758. The second-order valence-electron chi connectivity index (χ2n) is 6.73. The third-order valence-corrected chi connectivity index (χ3v) is 5.57. The molecule has 1 amide bonds. The van der Waals surface area contributed by atoms with Crippen LogP contribution in [-0.2, 0) is 19.1 Å². The van der Waals surface area contributed by atoms with Crippen LogP contribution >= 0.6 is 0 Å². The van der Waals surface area contributed by atoms with E-state index >= 15 is 0 Å². The molecule has 0 bridgehead atoms. The lowest BCUT2D eigenvalue weighted by atomic mass is 9.97. The van der Waals surface area contributed by atoms with Crippen molar-refractivity contribution in [3.8, 4) is 0 Å². The fourth-order valence-corrected chi connectivity index (χ4v) is 3.73. The van der Waals surface area contributed by atoms with Crippen molar-refractivity contribution < 1.29 is 19.1 Å². The summed E-state index contributed by atoms with van der Waals surface area (Å²) in [6.07, 6.45) is 4.39. The number of carbonyl (C=O) groups excluding carboxylic acids is 2. The van der Waals surface area contributed by atoms with Crippen LogP contribution in [0.25, 0.3) is 0 Å². The molecule has 6 heteroatoms. The van der Waals surface area contributed by atoms with Gasteiger partial charge >= 0.3 is 5.97 Å². The smallest absolute Gasteiger partial charge is 0.323 e. The maximum absolute atomic E-state index is 12.6. The Morgan fingerprint density at radius 1 is 1.13 bits per heavy atom. The first-order chi connectivity index (χ1) is 11.0. The maximum atomic E-state index is 12.6. The Kier molecular flexibility index (Phi) is 6.03. The van der Waals surface area contributed by atoms with Crippen LogP contribution < -0.4 is 0 Å². The van der Waals surface area contributed by atoms with Crippen molar-refractivity contribution >= 4 is 11.9 Å². The Bertz CT molecular complexity index is 428. The van der Waals surface area contributed by atoms with Crippen LogP contribution in [0.4, 0.5) is 0 Å². The molecule has 2 fully saturated rings. The SMILES string of the molecule is CCC(C)(OC)C(=O)N1CCC(N2CCC[C@H]2C(=O)OC)CC1. The zero-order chi connectivity index (χ0) is 17.0. The number of amides is 1. The first-order valence-corrected chi connectivity index (χ1v) is 8.65. The molecule has 132 valence electrons. The van der Waals surface area contributed by atoms with E-state index in [1.807, 2.05) is 18.7 Å². The Morgan fingerprint density at radius 3 is 2.30 bits per heavy atom. The monoisotopic (exact) mass is 326 g/mol. The summed E-state index contributed by atoms with van der Waals surface area (Å²) >= 11 is 0. The molecule has 0 radical (unpaired) electrons. The standard InChI is InChI=1S/C17H30N2O4/c1-5-17(2,23-4)16(21)18-11-8-13(9-12-18)19-10-6-7-14(19)15(20)22-3/h13-14H,5-12H2,1-4H3/t14-,17?/m0/s1. The van der Waals surface area contributed by atoms with Crippen molar-refractivity contribution in [3.05, 3.63) is 0 Å². The Hall–Kier alpha value is -1.14. The summed E-state index contributed by atoms with van der Waals surface area (Å²) in [7, 11) is 3.05. The van der Waals surface area contributed by atoms with Gasteiger partial charge < -0.3 is 14.4 Å². The van der Waals surface area contributed by atoms with Gasteiger partial charge in [-0.05, 0) is 45.6 Å². The topological polar surface area (TPSA) is 59.1 Å². The van der Waals surface area contributed by atoms with Gasteiger partial charge in [0.15, 0.2) is 0 Å². The van der Waals surface area contributed by atoms with Gasteiger partial charge in [0.05, 0.1) is 7.11 Å². The summed E-state index contributed by atoms with van der Waals surface area (Å²) in [5, 5.41) is 0. The van der Waals surface area contributed by atoms with Gasteiger partial charge in [-0.1, -0.05) is 6.92 Å². The molecule has 2 rings (SSSR count). The van der Waals surface area contributed by atoms with Crippen LogP contribution in [0.2, 0.25) is 0 Å². The molecule has 2 aliphatic heterocycles. The fraction of sp³-hybridized carbons (Fsp3) is 0.882. The molecular weight excluding hydrogens is 296 g/mol. The molecule has 0 N–H and O–H groups in total. The van der Waals surface area contributed by atoms with E-state index < -0.39 is 5.60 Å². The lowest BCUT2D eigenvalue weighted by molar-refractivity contribution is -0.156. The third kappa shape index (κ3) is 3.69. The number of hydrogen-bond donors (Lipinski definition) is 0. The van der Waals surface area contributed by atoms with Crippen molar-refractivity contribution in [2.45, 2.75) is 63.6 Å². The van der Waals surface area contributed by atoms with Gasteiger partial charge in [-0.3, -0.25) is 14.5 Å². The van der Waals surface area contributed by atoms with Crippen LogP contribution in [-0.4, -0.2) is 73.2 Å². The summed E-state index contributed by atoms with van der Waals surface area (Å²) in [5.74, 6) is -0.0502. The highest BCUT2D eigenvalue weighted by Crippen LogP contribution is 2.28. The minimum Gasteiger partial charge on any atom is -0.468 e. The molecule has 0 spiro atoms. The molecule has 0 aromatic rings. The van der Waals surface area contributed by atoms with Gasteiger partial charge in [0.2, 0.25) is 0 Å². The van der Waals surface area contributed by atoms with E-state index in [1.165, 1.54) is 7.11 Å². The predicted molar refractivity (Wildman–Crippen MR) is 87.1 cm³/mol. The lowest BCUT2D eigenvalue weighted by Crippen LogP contribution is -2.54. The largest absolute Gasteiger partial charge is 0.468 e. The summed E-state index contributed by atoms with van der Waals surface area (Å²) in [6.45, 7) is 6.23. The van der Waals surface area contributed by atoms with Crippen LogP contribution in [0, 0.1) is 0 Å². The molecule has 2 saturated heterocycles. The summed E-state index contributed by atoms with van der Waals surface area (Å²) in [4.78, 5) is 28.7. The highest BCUT2D eigenvalue weighted by atomic mass is 16.5. The van der Waals surface area contributed by atoms with E-state index in [4.69, 9.17) is 9.47 Å². The number of likely N-dealkylation sites (tertiary alicyclic amines) is 2. The van der Waals surface area contributed by atoms with E-state index in [9.17, 15) is 9.59 Å². The van der Waals surface area contributed by atoms with Gasteiger partial charge in [0, 0.05) is 26.2 Å². The summed E-state index contributed by atoms with van der Waals surface area (Å²) in [6, 6.07) is 0.258. The van der Waals surface area contributed by atoms with E-state index in [1.54, 1.807) is 7.11 Å². The van der Waals surface area contributed by atoms with Crippen LogP contribution in [0.15, 0.2) is 0 Å². The van der Waals surface area contributed by atoms with Crippen molar-refractivity contribution in [3.63, 3.8) is 0 Å². The molecule has 2 atom stereocenters. The van der Waals surface area contributed by atoms with Crippen molar-refractivity contribution in [2.75, 3.05) is 33.9 Å². The molecule has 6 nitrogen and oxygen atoms in total. The van der Waals surface area contributed by atoms with Gasteiger partial charge in [-0.15, -0.1) is 0 Å². The van der Waals surface area contributed by atoms with E-state index in [0.717, 1.165) is 45.3 Å². The predicted octanol–water partition coefficient (Wildman–Crippen LogP) is 1.43. The van der Waals surface area contributed by atoms with E-state index in [-0.39, 0.29) is 17.9 Å². The van der Waals surface area contributed by atoms with Crippen LogP contribution in [0.1, 0.15) is 46.0 Å². The maximum Gasteiger partial charge on any atom is 0.323 e. The number of esters is 1. The van der Waals surface area contributed by atoms with Gasteiger partial charge in [0.1, 0.15) is 11.6 Å². The second-order valence-corrected chi connectivity index (χ2v) is 6.73. The molecule has 23 heavy (non-hydrogen) atoms. The molecule has 1 unspecified atom stereocenters. The Balaban J connectivity index is 1.93. The quantitative estimate of drug-likeness (QED) is 0.715. The lowest BCUT2D eigenvalue weighted by Gasteiger charge is -2.41. The molecular formula is C17H30N2O4. The number of methoxy groups -OCH3 is 2. The second kappa shape index (κ2) is 7.62. The first-order valence-electron chi connectivity index (χ1n) is 8.65. The molecule has 2 heterocycles. The zero-order valence-corrected chi connectivity index (χ0v) is 14.8. The zero-order valence-electron chi connectivity index (χ0n) is 14.8. The van der Waals surface area contributed by atoms with Gasteiger partial charge in [-0.25, -0.2) is 0 Å². The first kappa shape index (κ1) is 18.2. The van der Waals surface area contributed by atoms with Crippen molar-refractivity contribution in [2.24, 2.45) is 0 Å². The molecule has 2 aliphatic rings. The molecule has 0 aliphatic carbocycles. The van der Waals surface area contributed by atoms with E-state index in [0.29, 0.717) is 12.5 Å².